The van der Waals surface area contributed by atoms with Crippen LogP contribution in [0.1, 0.15) is 36.8 Å². The van der Waals surface area contributed by atoms with Crippen LogP contribution in [0.5, 0.6) is 5.88 Å². The van der Waals surface area contributed by atoms with E-state index in [-0.39, 0.29) is 18.2 Å². The van der Waals surface area contributed by atoms with E-state index in [1.807, 2.05) is 26.0 Å². The molecule has 132 valence electrons. The van der Waals surface area contributed by atoms with E-state index in [2.05, 4.69) is 26.7 Å². The number of urea groups is 1. The Morgan fingerprint density at radius 1 is 1.08 bits per heavy atom. The first-order valence-electron chi connectivity index (χ1n) is 8.67. The first-order valence-corrected chi connectivity index (χ1v) is 8.67. The Bertz CT molecular complexity index is 692. The lowest BCUT2D eigenvalue weighted by atomic mass is 9.93. The molecule has 1 saturated carbocycles. The first-order chi connectivity index (χ1) is 12.1. The Kier molecular flexibility index (Phi) is 5.48. The molecule has 6 heteroatoms. The average Bonchev–Trinajstić information content (AvgIpc) is 2.56. The lowest BCUT2D eigenvalue weighted by Gasteiger charge is -2.29. The predicted molar refractivity (Wildman–Crippen MR) is 96.8 cm³/mol. The van der Waals surface area contributed by atoms with Crippen LogP contribution in [0.25, 0.3) is 0 Å². The molecular formula is C19H24N4O2. The minimum atomic E-state index is -0.150. The lowest BCUT2D eigenvalue weighted by molar-refractivity contribution is 0.135. The largest absolute Gasteiger partial charge is 0.473 e. The molecule has 3 rings (SSSR count). The molecule has 25 heavy (non-hydrogen) atoms. The zero-order chi connectivity index (χ0) is 17.6. The van der Waals surface area contributed by atoms with Crippen LogP contribution in [0.3, 0.4) is 0 Å². The molecule has 0 atom stereocenters. The maximum Gasteiger partial charge on any atom is 0.319 e. The topological polar surface area (TPSA) is 76.1 Å². The normalized spacial score (nSPS) is 19.9. The number of carbonyl (C=O) groups is 1. The van der Waals surface area contributed by atoms with E-state index in [0.29, 0.717) is 5.88 Å². The molecule has 1 aliphatic carbocycles. The summed E-state index contributed by atoms with van der Waals surface area (Å²) in [6, 6.07) is 6.05. The molecule has 1 aromatic carbocycles. The third kappa shape index (κ3) is 5.17. The maximum atomic E-state index is 12.2. The maximum absolute atomic E-state index is 12.2. The number of ether oxygens (including phenoxy) is 1. The van der Waals surface area contributed by atoms with Crippen molar-refractivity contribution >= 4 is 11.7 Å². The molecule has 0 bridgehead atoms. The van der Waals surface area contributed by atoms with Crippen LogP contribution < -0.4 is 15.4 Å². The highest BCUT2D eigenvalue weighted by molar-refractivity contribution is 5.89. The Labute approximate surface area is 148 Å². The van der Waals surface area contributed by atoms with Crippen molar-refractivity contribution < 1.29 is 9.53 Å². The summed E-state index contributed by atoms with van der Waals surface area (Å²) in [6.45, 7) is 4.04. The van der Waals surface area contributed by atoms with E-state index in [1.165, 1.54) is 0 Å². The molecule has 6 nitrogen and oxygen atoms in total. The van der Waals surface area contributed by atoms with Crippen LogP contribution in [-0.2, 0) is 0 Å². The van der Waals surface area contributed by atoms with Gasteiger partial charge in [-0.25, -0.2) is 9.78 Å². The molecular weight excluding hydrogens is 316 g/mol. The van der Waals surface area contributed by atoms with Crippen LogP contribution in [0, 0.1) is 13.8 Å². The number of nitrogens with one attached hydrogen (secondary N) is 2. The summed E-state index contributed by atoms with van der Waals surface area (Å²) in [5.74, 6) is 0.562. The third-order valence-electron chi connectivity index (χ3n) is 4.32. The second-order valence-corrected chi connectivity index (χ2v) is 6.61. The van der Waals surface area contributed by atoms with Crippen molar-refractivity contribution in [3.05, 3.63) is 47.9 Å². The second-order valence-electron chi connectivity index (χ2n) is 6.61. The molecule has 0 saturated heterocycles. The van der Waals surface area contributed by atoms with Gasteiger partial charge in [0, 0.05) is 24.1 Å². The Morgan fingerprint density at radius 2 is 1.80 bits per heavy atom. The number of aryl methyl sites for hydroxylation is 2. The van der Waals surface area contributed by atoms with Crippen LogP contribution >= 0.6 is 0 Å². The molecule has 1 aliphatic rings. The van der Waals surface area contributed by atoms with E-state index in [4.69, 9.17) is 4.74 Å². The number of anilines is 1. The fourth-order valence-electron chi connectivity index (χ4n) is 3.24. The first kappa shape index (κ1) is 17.2. The highest BCUT2D eigenvalue weighted by Crippen LogP contribution is 2.22. The van der Waals surface area contributed by atoms with Gasteiger partial charge < -0.3 is 15.4 Å². The summed E-state index contributed by atoms with van der Waals surface area (Å²) in [5.41, 5.74) is 3.10. The van der Waals surface area contributed by atoms with E-state index in [0.717, 1.165) is 42.5 Å². The van der Waals surface area contributed by atoms with Gasteiger partial charge in [0.25, 0.3) is 0 Å². The Balaban J connectivity index is 1.44. The van der Waals surface area contributed by atoms with Crippen LogP contribution in [0.15, 0.2) is 36.8 Å². The van der Waals surface area contributed by atoms with Gasteiger partial charge in [-0.05, 0) is 62.8 Å². The van der Waals surface area contributed by atoms with Crippen LogP contribution in [0.4, 0.5) is 10.5 Å². The second kappa shape index (κ2) is 7.96. The van der Waals surface area contributed by atoms with Crippen LogP contribution in [-0.4, -0.2) is 28.1 Å². The Hall–Kier alpha value is -2.63. The minimum Gasteiger partial charge on any atom is -0.473 e. The van der Waals surface area contributed by atoms with Crippen molar-refractivity contribution in [2.45, 2.75) is 51.7 Å². The lowest BCUT2D eigenvalue weighted by Crippen LogP contribution is -2.41. The van der Waals surface area contributed by atoms with E-state index < -0.39 is 0 Å². The van der Waals surface area contributed by atoms with Crippen LogP contribution in [0.2, 0.25) is 0 Å². The fourth-order valence-corrected chi connectivity index (χ4v) is 3.24. The molecule has 2 aromatic rings. The quantitative estimate of drug-likeness (QED) is 0.891. The van der Waals surface area contributed by atoms with Gasteiger partial charge in [0.15, 0.2) is 0 Å². The zero-order valence-corrected chi connectivity index (χ0v) is 14.7. The number of benzene rings is 1. The van der Waals surface area contributed by atoms with Crippen molar-refractivity contribution in [2.75, 3.05) is 5.32 Å². The van der Waals surface area contributed by atoms with Gasteiger partial charge in [-0.2, -0.15) is 0 Å². The van der Waals surface area contributed by atoms with Crippen molar-refractivity contribution in [1.29, 1.82) is 0 Å². The van der Waals surface area contributed by atoms with Crippen molar-refractivity contribution in [3.63, 3.8) is 0 Å². The number of nitrogens with zero attached hydrogens (tertiary/aromatic N) is 2. The van der Waals surface area contributed by atoms with Gasteiger partial charge in [-0.15, -0.1) is 0 Å². The summed E-state index contributed by atoms with van der Waals surface area (Å²) in [5, 5.41) is 5.98. The molecule has 0 unspecified atom stereocenters. The molecule has 1 heterocycles. The monoisotopic (exact) mass is 340 g/mol. The van der Waals surface area contributed by atoms with E-state index in [1.54, 1.807) is 18.6 Å². The number of amides is 2. The fraction of sp³-hybridized carbons (Fsp3) is 0.421. The van der Waals surface area contributed by atoms with Gasteiger partial charge in [-0.3, -0.25) is 4.98 Å². The zero-order valence-electron chi connectivity index (χ0n) is 14.7. The molecule has 1 aromatic heterocycles. The number of hydrogen-bond acceptors (Lipinski definition) is 4. The highest BCUT2D eigenvalue weighted by atomic mass is 16.5. The van der Waals surface area contributed by atoms with Crippen molar-refractivity contribution in [3.8, 4) is 5.88 Å². The number of aromatic nitrogens is 2. The predicted octanol–water partition coefficient (Wildman–Crippen LogP) is 3.61. The average molecular weight is 340 g/mol. The standard InChI is InChI=1S/C19H24N4O2/c1-13-9-14(2)11-16(10-13)23-19(24)22-15-3-5-17(6-4-15)25-18-12-20-7-8-21-18/h7-12,15,17H,3-6H2,1-2H3,(H2,22,23,24). The molecule has 2 N–H and O–H groups in total. The molecule has 2 amide bonds. The Morgan fingerprint density at radius 3 is 2.44 bits per heavy atom. The number of rotatable bonds is 4. The SMILES string of the molecule is Cc1cc(C)cc(NC(=O)NC2CCC(Oc3cnccn3)CC2)c1. The summed E-state index contributed by atoms with van der Waals surface area (Å²) in [4.78, 5) is 20.3. The smallest absolute Gasteiger partial charge is 0.319 e. The molecule has 0 aliphatic heterocycles. The summed E-state index contributed by atoms with van der Waals surface area (Å²) < 4.78 is 5.83. The van der Waals surface area contributed by atoms with Gasteiger partial charge in [0.1, 0.15) is 6.10 Å². The van der Waals surface area contributed by atoms with Gasteiger partial charge >= 0.3 is 6.03 Å². The van der Waals surface area contributed by atoms with Crippen molar-refractivity contribution in [1.82, 2.24) is 15.3 Å². The highest BCUT2D eigenvalue weighted by Gasteiger charge is 2.24. The summed E-state index contributed by atoms with van der Waals surface area (Å²) in [7, 11) is 0. The minimum absolute atomic E-state index is 0.136. The molecule has 1 fully saturated rings. The van der Waals surface area contributed by atoms with Gasteiger partial charge in [0.2, 0.25) is 5.88 Å². The molecule has 0 radical (unpaired) electrons. The third-order valence-corrected chi connectivity index (χ3v) is 4.32. The summed E-state index contributed by atoms with van der Waals surface area (Å²) >= 11 is 0. The summed E-state index contributed by atoms with van der Waals surface area (Å²) in [6.07, 6.45) is 8.59. The van der Waals surface area contributed by atoms with Crippen molar-refractivity contribution in [2.24, 2.45) is 0 Å². The number of carbonyl (C=O) groups excluding carboxylic acids is 1. The van der Waals surface area contributed by atoms with E-state index >= 15 is 0 Å². The molecule has 0 spiro atoms. The van der Waals surface area contributed by atoms with Gasteiger partial charge in [-0.1, -0.05) is 6.07 Å². The van der Waals surface area contributed by atoms with E-state index in [9.17, 15) is 4.79 Å². The van der Waals surface area contributed by atoms with Gasteiger partial charge in [0.05, 0.1) is 6.20 Å². The number of hydrogen-bond donors (Lipinski definition) is 2.